The van der Waals surface area contributed by atoms with Gasteiger partial charge in [-0.05, 0) is 13.8 Å². The van der Waals surface area contributed by atoms with Crippen LogP contribution in [0.25, 0.3) is 0 Å². The first kappa shape index (κ1) is 21.0. The molecule has 132 valence electrons. The van der Waals surface area contributed by atoms with Crippen LogP contribution < -0.4 is 10.6 Å². The molecule has 2 atom stereocenters. The van der Waals surface area contributed by atoms with Gasteiger partial charge >= 0.3 is 6.03 Å². The Morgan fingerprint density at radius 2 is 1.00 bits per heavy atom. The van der Waals surface area contributed by atoms with Crippen molar-refractivity contribution in [2.45, 2.75) is 37.9 Å². The van der Waals surface area contributed by atoms with E-state index in [2.05, 4.69) is 10.6 Å². The lowest BCUT2D eigenvalue weighted by Crippen LogP contribution is -2.67. The van der Waals surface area contributed by atoms with Gasteiger partial charge in [0, 0.05) is 42.7 Å². The molecule has 0 fully saturated rings. The van der Waals surface area contributed by atoms with Gasteiger partial charge in [-0.25, -0.2) is 4.79 Å². The van der Waals surface area contributed by atoms with Gasteiger partial charge in [0.15, 0.2) is 0 Å². The summed E-state index contributed by atoms with van der Waals surface area (Å²) in [6.45, 7) is 3.37. The lowest BCUT2D eigenvalue weighted by atomic mass is 10.2. The smallest absolute Gasteiger partial charge is 0.323 e. The Morgan fingerprint density at radius 3 is 1.18 bits per heavy atom. The summed E-state index contributed by atoms with van der Waals surface area (Å²) in [4.78, 5) is 12.3. The Hall–Kier alpha value is -0.970. The molecule has 0 aliphatic heterocycles. The minimum atomic E-state index is -1.47. The number of ether oxygens (including phenoxy) is 6. The van der Waals surface area contributed by atoms with Gasteiger partial charge in [0.25, 0.3) is 11.8 Å². The minimum absolute atomic E-state index is 0.576. The highest BCUT2D eigenvalue weighted by Crippen LogP contribution is 2.18. The van der Waals surface area contributed by atoms with Crippen molar-refractivity contribution in [3.63, 3.8) is 0 Å². The molecule has 2 N–H and O–H groups in total. The first-order chi connectivity index (χ1) is 10.3. The van der Waals surface area contributed by atoms with E-state index in [0.29, 0.717) is 0 Å². The van der Waals surface area contributed by atoms with Crippen molar-refractivity contribution in [3.05, 3.63) is 0 Å². The highest BCUT2D eigenvalue weighted by molar-refractivity contribution is 5.75. The largest absolute Gasteiger partial charge is 0.374 e. The summed E-state index contributed by atoms with van der Waals surface area (Å²) in [7, 11) is 8.49. The second-order valence-electron chi connectivity index (χ2n) is 4.49. The monoisotopic (exact) mass is 324 g/mol. The van der Waals surface area contributed by atoms with Crippen LogP contribution in [-0.2, 0) is 28.4 Å². The molecule has 22 heavy (non-hydrogen) atoms. The zero-order valence-electron chi connectivity index (χ0n) is 14.5. The number of rotatable bonds is 10. The molecule has 0 rings (SSSR count). The van der Waals surface area contributed by atoms with Gasteiger partial charge in [-0.15, -0.1) is 0 Å². The van der Waals surface area contributed by atoms with Crippen molar-refractivity contribution in [3.8, 4) is 0 Å². The Labute approximate surface area is 131 Å². The second kappa shape index (κ2) is 9.23. The number of urea groups is 1. The van der Waals surface area contributed by atoms with E-state index in [0.717, 1.165) is 0 Å². The number of nitrogens with one attached hydrogen (secondary N) is 2. The molecule has 0 saturated heterocycles. The van der Waals surface area contributed by atoms with Gasteiger partial charge in [0.2, 0.25) is 0 Å². The van der Waals surface area contributed by atoms with Crippen LogP contribution in [0.4, 0.5) is 4.79 Å². The highest BCUT2D eigenvalue weighted by atomic mass is 16.7. The third-order valence-corrected chi connectivity index (χ3v) is 3.57. The predicted octanol–water partition coefficient (Wildman–Crippen LogP) is 0.249. The van der Waals surface area contributed by atoms with Crippen LogP contribution in [0.15, 0.2) is 0 Å². The summed E-state index contributed by atoms with van der Waals surface area (Å²) in [5, 5.41) is 5.10. The van der Waals surface area contributed by atoms with E-state index in [1.807, 2.05) is 0 Å². The van der Waals surface area contributed by atoms with Crippen molar-refractivity contribution in [1.82, 2.24) is 10.6 Å². The molecule has 0 aliphatic carbocycles. The van der Waals surface area contributed by atoms with Crippen LogP contribution in [0.1, 0.15) is 13.8 Å². The fraction of sp³-hybridized carbons (Fsp3) is 0.923. The van der Waals surface area contributed by atoms with Crippen LogP contribution >= 0.6 is 0 Å². The predicted molar refractivity (Wildman–Crippen MR) is 78.1 cm³/mol. The zero-order chi connectivity index (χ0) is 17.4. The number of carbonyl (C=O) groups excluding carboxylic acids is 1. The third kappa shape index (κ3) is 4.51. The Morgan fingerprint density at radius 1 is 0.727 bits per heavy atom. The molecule has 0 saturated carbocycles. The highest BCUT2D eigenvalue weighted by Gasteiger charge is 2.43. The molecule has 0 radical (unpaired) electrons. The minimum Gasteiger partial charge on any atom is -0.374 e. The number of carbonyl (C=O) groups is 1. The molecule has 0 bridgehead atoms. The summed E-state index contributed by atoms with van der Waals surface area (Å²) in [5.74, 6) is -2.94. The van der Waals surface area contributed by atoms with Gasteiger partial charge in [0.05, 0.1) is 0 Å². The van der Waals surface area contributed by atoms with E-state index >= 15 is 0 Å². The molecule has 2 unspecified atom stereocenters. The zero-order valence-corrected chi connectivity index (χ0v) is 14.5. The second-order valence-corrected chi connectivity index (χ2v) is 4.49. The molecule has 0 aromatic carbocycles. The van der Waals surface area contributed by atoms with Gasteiger partial charge < -0.3 is 28.4 Å². The van der Waals surface area contributed by atoms with E-state index in [-0.39, 0.29) is 0 Å². The molecule has 9 nitrogen and oxygen atoms in total. The van der Waals surface area contributed by atoms with E-state index in [9.17, 15) is 4.79 Å². The van der Waals surface area contributed by atoms with Gasteiger partial charge in [-0.3, -0.25) is 10.6 Å². The van der Waals surface area contributed by atoms with E-state index in [4.69, 9.17) is 28.4 Å². The fourth-order valence-corrected chi connectivity index (χ4v) is 1.90. The van der Waals surface area contributed by atoms with Crippen molar-refractivity contribution in [1.29, 1.82) is 0 Å². The van der Waals surface area contributed by atoms with Gasteiger partial charge in [-0.2, -0.15) is 0 Å². The maximum atomic E-state index is 12.3. The Bertz CT molecular complexity index is 302. The van der Waals surface area contributed by atoms with Crippen LogP contribution in [0.5, 0.6) is 0 Å². The van der Waals surface area contributed by atoms with E-state index in [1.54, 1.807) is 13.8 Å². The maximum Gasteiger partial charge on any atom is 0.323 e. The molecule has 0 aliphatic rings. The first-order valence-electron chi connectivity index (χ1n) is 6.67. The quantitative estimate of drug-likeness (QED) is 0.556. The standard InChI is InChI=1S/C13H28N2O7/c1-9(17-3)12(19-5,20-6)14-11(16)15-13(21-7,22-8)10(2)18-4/h9-10H,1-8H3,(H2,14,15,16). The molecule has 0 aromatic heterocycles. The Kier molecular flexibility index (Phi) is 8.83. The molecular weight excluding hydrogens is 296 g/mol. The molecule has 0 aromatic rings. The van der Waals surface area contributed by atoms with Crippen LogP contribution in [-0.4, -0.2) is 72.7 Å². The lowest BCUT2D eigenvalue weighted by Gasteiger charge is -2.39. The maximum absolute atomic E-state index is 12.3. The van der Waals surface area contributed by atoms with Crippen molar-refractivity contribution < 1.29 is 33.2 Å². The van der Waals surface area contributed by atoms with Crippen molar-refractivity contribution in [2.75, 3.05) is 42.7 Å². The first-order valence-corrected chi connectivity index (χ1v) is 6.67. The number of methoxy groups -OCH3 is 6. The summed E-state index contributed by atoms with van der Waals surface area (Å²) in [6.07, 6.45) is -1.15. The summed E-state index contributed by atoms with van der Waals surface area (Å²) in [5.41, 5.74) is 0. The average molecular weight is 324 g/mol. The number of amides is 2. The van der Waals surface area contributed by atoms with Crippen LogP contribution in [0.3, 0.4) is 0 Å². The van der Waals surface area contributed by atoms with Gasteiger partial charge in [0.1, 0.15) is 12.2 Å². The van der Waals surface area contributed by atoms with E-state index in [1.165, 1.54) is 42.7 Å². The number of hydrogen-bond donors (Lipinski definition) is 2. The van der Waals surface area contributed by atoms with Crippen molar-refractivity contribution >= 4 is 6.03 Å². The van der Waals surface area contributed by atoms with Crippen LogP contribution in [0, 0.1) is 0 Å². The van der Waals surface area contributed by atoms with Gasteiger partial charge in [-0.1, -0.05) is 0 Å². The third-order valence-electron chi connectivity index (χ3n) is 3.57. The molecule has 9 heteroatoms. The number of hydrogen-bond acceptors (Lipinski definition) is 7. The average Bonchev–Trinajstić information content (AvgIpc) is 2.56. The summed E-state index contributed by atoms with van der Waals surface area (Å²) in [6, 6.07) is -0.653. The van der Waals surface area contributed by atoms with E-state index < -0.39 is 30.1 Å². The summed E-state index contributed by atoms with van der Waals surface area (Å²) < 4.78 is 31.3. The molecule has 2 amide bonds. The molecular formula is C13H28N2O7. The summed E-state index contributed by atoms with van der Waals surface area (Å²) >= 11 is 0. The lowest BCUT2D eigenvalue weighted by molar-refractivity contribution is -0.281. The normalized spacial score (nSPS) is 15.3. The SMILES string of the molecule is COC(C)C(NC(=O)NC(OC)(OC)C(C)OC)(OC)OC. The Balaban J connectivity index is 5.17. The fourth-order valence-electron chi connectivity index (χ4n) is 1.90. The van der Waals surface area contributed by atoms with Crippen molar-refractivity contribution in [2.24, 2.45) is 0 Å². The molecule has 0 heterocycles. The molecule has 0 spiro atoms. The topological polar surface area (TPSA) is 96.5 Å². The van der Waals surface area contributed by atoms with Crippen LogP contribution in [0.2, 0.25) is 0 Å².